The van der Waals surface area contributed by atoms with Crippen LogP contribution in [-0.4, -0.2) is 47.0 Å². The Morgan fingerprint density at radius 2 is 1.46 bits per heavy atom. The first-order valence-electron chi connectivity index (χ1n) is 11.0. The number of alkyl halides is 6. The second-order valence-corrected chi connectivity index (χ2v) is 10.2. The first-order valence-corrected chi connectivity index (χ1v) is 11.0. The molecular weight excluding hydrogens is 474 g/mol. The topological polar surface area (TPSA) is 52.6 Å². The van der Waals surface area contributed by atoms with Crippen LogP contribution in [-0.2, 0) is 11.0 Å². The minimum Gasteiger partial charge on any atom is -0.369 e. The summed E-state index contributed by atoms with van der Waals surface area (Å²) in [4.78, 5) is 14.5. The number of rotatable bonds is 3. The Hall–Kier alpha value is -2.75. The molecule has 35 heavy (non-hydrogen) atoms. The zero-order valence-corrected chi connectivity index (χ0v) is 19.8. The van der Waals surface area contributed by atoms with Gasteiger partial charge in [0, 0.05) is 35.5 Å². The van der Waals surface area contributed by atoms with Crippen LogP contribution in [0.4, 0.5) is 31.1 Å². The molecule has 2 amide bonds. The van der Waals surface area contributed by atoms with E-state index in [0.29, 0.717) is 24.2 Å². The smallest absolute Gasteiger partial charge is 0.369 e. The van der Waals surface area contributed by atoms with Crippen molar-refractivity contribution in [2.75, 3.05) is 13.1 Å². The van der Waals surface area contributed by atoms with Crippen molar-refractivity contribution in [1.29, 1.82) is 0 Å². The van der Waals surface area contributed by atoms with Crippen molar-refractivity contribution in [3.63, 3.8) is 0 Å². The Balaban J connectivity index is 2.03. The van der Waals surface area contributed by atoms with Crippen molar-refractivity contribution in [3.8, 4) is 0 Å². The lowest BCUT2D eigenvalue weighted by molar-refractivity contribution is -0.376. The standard InChI is InChI=1S/C25H28F6N2O2/c1-21(2,3)32-20(34)33-14-19(22(4,15-33)17-8-6-5-7-9-17)16-10-12-18(13-11-16)23(35,24(26,27)28)25(29,30)31/h5-13,19,35H,14-15H2,1-4H3,(H,32,34)/t19-,22+/m0/s1. The number of hydrogen-bond acceptors (Lipinski definition) is 2. The van der Waals surface area contributed by atoms with Gasteiger partial charge in [-0.15, -0.1) is 0 Å². The molecule has 1 heterocycles. The second kappa shape index (κ2) is 8.72. The Bertz CT molecular complexity index is 1030. The van der Waals surface area contributed by atoms with Crippen LogP contribution >= 0.6 is 0 Å². The Morgan fingerprint density at radius 1 is 0.943 bits per heavy atom. The predicted molar refractivity (Wildman–Crippen MR) is 119 cm³/mol. The quantitative estimate of drug-likeness (QED) is 0.517. The van der Waals surface area contributed by atoms with E-state index in [0.717, 1.165) is 17.7 Å². The van der Waals surface area contributed by atoms with Gasteiger partial charge in [-0.3, -0.25) is 0 Å². The predicted octanol–water partition coefficient (Wildman–Crippen LogP) is 5.86. The zero-order chi connectivity index (χ0) is 26.4. The summed E-state index contributed by atoms with van der Waals surface area (Å²) in [6, 6.07) is 12.5. The van der Waals surface area contributed by atoms with E-state index < -0.39 is 40.4 Å². The van der Waals surface area contributed by atoms with E-state index >= 15 is 0 Å². The van der Waals surface area contributed by atoms with Crippen LogP contribution in [0.2, 0.25) is 0 Å². The van der Waals surface area contributed by atoms with Crippen molar-refractivity contribution in [2.45, 2.75) is 62.5 Å². The number of aliphatic hydroxyl groups is 1. The van der Waals surface area contributed by atoms with Gasteiger partial charge in [0.1, 0.15) is 0 Å². The maximum absolute atomic E-state index is 13.3. The van der Waals surface area contributed by atoms with Gasteiger partial charge in [0.15, 0.2) is 0 Å². The molecule has 2 N–H and O–H groups in total. The van der Waals surface area contributed by atoms with Crippen molar-refractivity contribution in [3.05, 3.63) is 71.3 Å². The van der Waals surface area contributed by atoms with Crippen molar-refractivity contribution >= 4 is 6.03 Å². The van der Waals surface area contributed by atoms with Crippen LogP contribution in [0.5, 0.6) is 0 Å². The molecule has 1 aliphatic rings. The Morgan fingerprint density at radius 3 is 1.91 bits per heavy atom. The van der Waals surface area contributed by atoms with E-state index in [9.17, 15) is 36.2 Å². The van der Waals surface area contributed by atoms with Gasteiger partial charge in [0.25, 0.3) is 5.60 Å². The molecule has 0 radical (unpaired) electrons. The largest absolute Gasteiger partial charge is 0.430 e. The number of urea groups is 1. The van der Waals surface area contributed by atoms with Crippen LogP contribution in [0.1, 0.15) is 50.3 Å². The summed E-state index contributed by atoms with van der Waals surface area (Å²) in [6.45, 7) is 7.89. The average molecular weight is 502 g/mol. The molecule has 3 rings (SSSR count). The van der Waals surface area contributed by atoms with Crippen molar-refractivity contribution in [2.24, 2.45) is 0 Å². The van der Waals surface area contributed by atoms with Crippen LogP contribution in [0.3, 0.4) is 0 Å². The minimum atomic E-state index is -5.96. The van der Waals surface area contributed by atoms with E-state index in [-0.39, 0.29) is 12.6 Å². The summed E-state index contributed by atoms with van der Waals surface area (Å²) in [5, 5.41) is 12.6. The molecule has 0 spiro atoms. The van der Waals surface area contributed by atoms with Crippen LogP contribution in [0.15, 0.2) is 54.6 Å². The highest BCUT2D eigenvalue weighted by molar-refractivity contribution is 5.76. The van der Waals surface area contributed by atoms with E-state index in [1.54, 1.807) is 4.90 Å². The summed E-state index contributed by atoms with van der Waals surface area (Å²) in [5.41, 5.74) is -6.14. The van der Waals surface area contributed by atoms with Crippen LogP contribution in [0.25, 0.3) is 0 Å². The van der Waals surface area contributed by atoms with Crippen LogP contribution < -0.4 is 5.32 Å². The summed E-state index contributed by atoms with van der Waals surface area (Å²) >= 11 is 0. The van der Waals surface area contributed by atoms with Gasteiger partial charge >= 0.3 is 18.4 Å². The lowest BCUT2D eigenvalue weighted by atomic mass is 9.71. The molecule has 0 aromatic heterocycles. The highest BCUT2D eigenvalue weighted by Gasteiger charge is 2.71. The molecule has 1 saturated heterocycles. The first-order chi connectivity index (χ1) is 15.9. The summed E-state index contributed by atoms with van der Waals surface area (Å²) in [7, 11) is 0. The molecule has 0 unspecified atom stereocenters. The minimum absolute atomic E-state index is 0.204. The van der Waals surface area contributed by atoms with Gasteiger partial charge < -0.3 is 15.3 Å². The first kappa shape index (κ1) is 26.8. The maximum atomic E-state index is 13.3. The SMILES string of the molecule is CC(C)(C)NC(=O)N1C[C@@H](c2ccc(C(O)(C(F)(F)F)C(F)(F)F)cc2)[C@@](C)(c2ccccc2)C1. The van der Waals surface area contributed by atoms with Crippen LogP contribution in [0, 0.1) is 0 Å². The highest BCUT2D eigenvalue weighted by Crippen LogP contribution is 2.51. The number of carbonyl (C=O) groups excluding carboxylic acids is 1. The number of nitrogens with one attached hydrogen (secondary N) is 1. The molecule has 0 bridgehead atoms. The molecule has 4 nitrogen and oxygen atoms in total. The second-order valence-electron chi connectivity index (χ2n) is 10.2. The van der Waals surface area contributed by atoms with Crippen molar-refractivity contribution < 1.29 is 36.2 Å². The van der Waals surface area contributed by atoms with E-state index in [1.165, 1.54) is 0 Å². The third-order valence-electron chi connectivity index (χ3n) is 6.45. The Kier molecular flexibility index (Phi) is 6.69. The number of benzene rings is 2. The number of nitrogens with zero attached hydrogens (tertiary/aromatic N) is 1. The number of carbonyl (C=O) groups is 1. The van der Waals surface area contributed by atoms with Gasteiger partial charge in [-0.05, 0) is 31.9 Å². The van der Waals surface area contributed by atoms with E-state index in [4.69, 9.17) is 0 Å². The van der Waals surface area contributed by atoms with Gasteiger partial charge in [0.05, 0.1) is 0 Å². The normalized spacial score (nSPS) is 21.8. The summed E-state index contributed by atoms with van der Waals surface area (Å²) in [6.07, 6.45) is -11.9. The molecule has 0 aliphatic carbocycles. The number of likely N-dealkylation sites (tertiary alicyclic amines) is 1. The molecule has 2 aromatic rings. The van der Waals surface area contributed by atoms with E-state index in [2.05, 4.69) is 5.32 Å². The third kappa shape index (κ3) is 4.98. The monoisotopic (exact) mass is 502 g/mol. The molecule has 192 valence electrons. The molecular formula is C25H28F6N2O2. The van der Waals surface area contributed by atoms with Gasteiger partial charge in [-0.2, -0.15) is 26.3 Å². The molecule has 2 aromatic carbocycles. The molecule has 10 heteroatoms. The molecule has 2 atom stereocenters. The van der Waals surface area contributed by atoms with E-state index in [1.807, 2.05) is 58.0 Å². The fourth-order valence-corrected chi connectivity index (χ4v) is 4.58. The summed E-state index contributed by atoms with van der Waals surface area (Å²) in [5.74, 6) is -0.422. The molecule has 0 saturated carbocycles. The van der Waals surface area contributed by atoms with Crippen molar-refractivity contribution in [1.82, 2.24) is 10.2 Å². The van der Waals surface area contributed by atoms with Gasteiger partial charge in [0.2, 0.25) is 0 Å². The fraction of sp³-hybridized carbons (Fsp3) is 0.480. The average Bonchev–Trinajstić information content (AvgIpc) is 3.10. The van der Waals surface area contributed by atoms with Gasteiger partial charge in [-0.1, -0.05) is 61.5 Å². The number of halogens is 6. The number of hydrogen-bond donors (Lipinski definition) is 2. The highest BCUT2D eigenvalue weighted by atomic mass is 19.4. The lowest BCUT2D eigenvalue weighted by Gasteiger charge is -2.34. The fourth-order valence-electron chi connectivity index (χ4n) is 4.58. The zero-order valence-electron chi connectivity index (χ0n) is 19.8. The van der Waals surface area contributed by atoms with Gasteiger partial charge in [-0.25, -0.2) is 4.79 Å². The summed E-state index contributed by atoms with van der Waals surface area (Å²) < 4.78 is 79.7. The lowest BCUT2D eigenvalue weighted by Crippen LogP contribution is -2.53. The Labute approximate surface area is 199 Å². The maximum Gasteiger partial charge on any atom is 0.430 e. The molecule has 1 aliphatic heterocycles. The molecule has 1 fully saturated rings. The number of amides is 2. The third-order valence-corrected chi connectivity index (χ3v) is 6.45.